The summed E-state index contributed by atoms with van der Waals surface area (Å²) in [4.78, 5) is 62.2. The van der Waals surface area contributed by atoms with E-state index in [9.17, 15) is 39.6 Å². The van der Waals surface area contributed by atoms with Gasteiger partial charge in [0.25, 0.3) is 0 Å². The second kappa shape index (κ2) is 20.1. The maximum absolute atomic E-state index is 14.9. The average molecular weight is 876 g/mol. The Hall–Kier alpha value is -2.24. The number of piperidine rings is 3. The number of hydrogen-bond donors (Lipinski definition) is 4. The minimum atomic E-state index is -1.98. The molecule has 0 saturated carbocycles. The second-order valence-corrected chi connectivity index (χ2v) is 24.4. The first-order valence-corrected chi connectivity index (χ1v) is 24.4. The predicted octanol–water partition coefficient (Wildman–Crippen LogP) is 10.8. The van der Waals surface area contributed by atoms with Crippen LogP contribution in [0.4, 0.5) is 0 Å². The summed E-state index contributed by atoms with van der Waals surface area (Å²) in [5.41, 5.74) is -3.46. The van der Waals surface area contributed by atoms with Gasteiger partial charge >= 0.3 is 23.9 Å². The lowest BCUT2D eigenvalue weighted by Crippen LogP contribution is -2.70. The van der Waals surface area contributed by atoms with Gasteiger partial charge in [-0.15, -0.1) is 0 Å². The molecule has 3 aliphatic rings. The molecule has 360 valence electrons. The fourth-order valence-corrected chi connectivity index (χ4v) is 14.2. The molecular formula is C51H93N3O8. The molecule has 3 saturated heterocycles. The van der Waals surface area contributed by atoms with Crippen molar-refractivity contribution in [3.8, 4) is 0 Å². The summed E-state index contributed by atoms with van der Waals surface area (Å²) in [6.45, 7) is 29.0. The van der Waals surface area contributed by atoms with Crippen LogP contribution in [0.2, 0.25) is 0 Å². The maximum atomic E-state index is 14.9. The lowest BCUT2D eigenvalue weighted by atomic mass is 9.41. The van der Waals surface area contributed by atoms with Gasteiger partial charge in [-0.1, -0.05) is 64.7 Å². The van der Waals surface area contributed by atoms with E-state index in [1.807, 2.05) is 0 Å². The lowest BCUT2D eigenvalue weighted by molar-refractivity contribution is -0.213. The smallest absolute Gasteiger partial charge is 0.308 e. The zero-order valence-electron chi connectivity index (χ0n) is 42.3. The molecule has 3 aliphatic heterocycles. The van der Waals surface area contributed by atoms with Crippen molar-refractivity contribution >= 4 is 23.9 Å². The summed E-state index contributed by atoms with van der Waals surface area (Å²) in [5.74, 6) is -12.4. The minimum Gasteiger partial charge on any atom is -0.481 e. The van der Waals surface area contributed by atoms with Crippen LogP contribution in [0, 0.1) is 46.8 Å². The molecule has 0 aromatic heterocycles. The zero-order valence-corrected chi connectivity index (χ0v) is 42.3. The number of nitrogens with zero attached hydrogens (tertiary/aromatic N) is 3. The Morgan fingerprint density at radius 3 is 1.16 bits per heavy atom. The number of unbranched alkanes of at least 4 members (excludes halogenated alkanes) is 8. The summed E-state index contributed by atoms with van der Waals surface area (Å²) in [6.07, 6.45) is 13.8. The molecule has 0 aromatic rings. The number of carboxylic acids is 4. The Balaban J connectivity index is 2.61. The average Bonchev–Trinajstić information content (AvgIpc) is 3.11. The van der Waals surface area contributed by atoms with E-state index in [1.54, 1.807) is 0 Å². The first-order valence-electron chi connectivity index (χ1n) is 24.4. The molecule has 4 unspecified atom stereocenters. The summed E-state index contributed by atoms with van der Waals surface area (Å²) < 4.78 is 0. The first-order chi connectivity index (χ1) is 28.2. The van der Waals surface area contributed by atoms with E-state index in [4.69, 9.17) is 0 Å². The third kappa shape index (κ3) is 11.6. The monoisotopic (exact) mass is 876 g/mol. The molecule has 11 nitrogen and oxygen atoms in total. The number of likely N-dealkylation sites (tertiary alicyclic amines) is 3. The van der Waals surface area contributed by atoms with Gasteiger partial charge in [-0.25, -0.2) is 0 Å². The fraction of sp³-hybridized carbons (Fsp3) is 0.922. The molecule has 3 fully saturated rings. The molecule has 0 aliphatic carbocycles. The van der Waals surface area contributed by atoms with Crippen LogP contribution >= 0.6 is 0 Å². The SMILES string of the molecule is CCCCCCCCCCCC(C1CC(C)(C)N(C)C(C)(C)C1)C(C1CC(C)(C)N(C)C(C)(C)C1)(C1CC(C)(C)N(C)C(C)(C)C1)C(C(=O)O)C(C(=O)O)C(CC(=O)O)C(=O)O. The van der Waals surface area contributed by atoms with Gasteiger partial charge in [0.2, 0.25) is 0 Å². The largest absolute Gasteiger partial charge is 0.481 e. The van der Waals surface area contributed by atoms with Crippen molar-refractivity contribution in [1.29, 1.82) is 0 Å². The molecular weight excluding hydrogens is 783 g/mol. The van der Waals surface area contributed by atoms with Crippen molar-refractivity contribution in [2.45, 2.75) is 232 Å². The quantitative estimate of drug-likeness (QED) is 0.0767. The number of rotatable bonds is 22. The van der Waals surface area contributed by atoms with Crippen molar-refractivity contribution in [3.63, 3.8) is 0 Å². The molecule has 3 rings (SSSR count). The van der Waals surface area contributed by atoms with Crippen LogP contribution in [0.25, 0.3) is 0 Å². The van der Waals surface area contributed by atoms with Crippen LogP contribution in [0.3, 0.4) is 0 Å². The standard InChI is InChI=1S/C51H93N3O8/c1-17-18-19-20-21-22-23-24-25-26-38(34-28-45(2,3)52(14)46(4,5)29-34)51(35-30-47(6,7)53(15)48(8,9)31-35,36-32-49(10,11)54(16)50(12,13)33-36)41(44(61)62)40(43(59)60)37(42(57)58)27-39(55)56/h34-38,40-41H,17-33H2,1-16H3,(H,55,56)(H,57,58)(H,59,60)(H,61,62). The van der Waals surface area contributed by atoms with Crippen LogP contribution in [0.15, 0.2) is 0 Å². The normalized spacial score (nSPS) is 25.4. The summed E-state index contributed by atoms with van der Waals surface area (Å²) >= 11 is 0. The van der Waals surface area contributed by atoms with Crippen molar-refractivity contribution in [2.75, 3.05) is 21.1 Å². The summed E-state index contributed by atoms with van der Waals surface area (Å²) in [6, 6.07) is 0. The van der Waals surface area contributed by atoms with E-state index >= 15 is 0 Å². The highest BCUT2D eigenvalue weighted by Crippen LogP contribution is 2.67. The molecule has 0 amide bonds. The highest BCUT2D eigenvalue weighted by molar-refractivity contribution is 5.88. The topological polar surface area (TPSA) is 159 Å². The van der Waals surface area contributed by atoms with Gasteiger partial charge < -0.3 is 20.4 Å². The Bertz CT molecular complexity index is 1450. The second-order valence-electron chi connectivity index (χ2n) is 24.4. The van der Waals surface area contributed by atoms with Crippen molar-refractivity contribution in [2.24, 2.45) is 46.8 Å². The van der Waals surface area contributed by atoms with Gasteiger partial charge in [-0.05, 0) is 178 Å². The lowest BCUT2D eigenvalue weighted by Gasteiger charge is -2.68. The fourth-order valence-electron chi connectivity index (χ4n) is 14.2. The summed E-state index contributed by atoms with van der Waals surface area (Å²) in [7, 11) is 6.43. The van der Waals surface area contributed by atoms with Crippen molar-refractivity contribution in [1.82, 2.24) is 14.7 Å². The van der Waals surface area contributed by atoms with Crippen LogP contribution in [0.1, 0.15) is 199 Å². The van der Waals surface area contributed by atoms with Gasteiger partial charge in [0.15, 0.2) is 0 Å². The van der Waals surface area contributed by atoms with Gasteiger partial charge in [0.1, 0.15) is 0 Å². The Kier molecular flexibility index (Phi) is 17.5. The summed E-state index contributed by atoms with van der Waals surface area (Å²) in [5, 5.41) is 44.7. The molecule has 0 aromatic carbocycles. The molecule has 0 radical (unpaired) electrons. The molecule has 4 N–H and O–H groups in total. The molecule has 62 heavy (non-hydrogen) atoms. The highest BCUT2D eigenvalue weighted by atomic mass is 16.4. The van der Waals surface area contributed by atoms with Crippen LogP contribution in [-0.2, 0) is 19.2 Å². The Morgan fingerprint density at radius 2 is 0.855 bits per heavy atom. The van der Waals surface area contributed by atoms with E-state index in [0.717, 1.165) is 38.5 Å². The first kappa shape index (κ1) is 54.1. The van der Waals surface area contributed by atoms with Crippen LogP contribution in [-0.4, -0.2) is 113 Å². The van der Waals surface area contributed by atoms with E-state index in [0.29, 0.717) is 32.1 Å². The van der Waals surface area contributed by atoms with Gasteiger partial charge in [0, 0.05) is 33.2 Å². The van der Waals surface area contributed by atoms with Gasteiger partial charge in [-0.2, -0.15) is 0 Å². The van der Waals surface area contributed by atoms with Crippen molar-refractivity contribution < 1.29 is 39.6 Å². The van der Waals surface area contributed by atoms with E-state index < -0.39 is 75.6 Å². The molecule has 11 heteroatoms. The Morgan fingerprint density at radius 1 is 0.516 bits per heavy atom. The van der Waals surface area contributed by atoms with Crippen LogP contribution < -0.4 is 0 Å². The minimum absolute atomic E-state index is 0.0129. The third-order valence-corrected chi connectivity index (χ3v) is 17.8. The maximum Gasteiger partial charge on any atom is 0.308 e. The molecule has 0 spiro atoms. The number of carbonyl (C=O) groups is 4. The van der Waals surface area contributed by atoms with E-state index in [1.165, 1.54) is 32.1 Å². The molecule has 4 atom stereocenters. The number of hydrogen-bond acceptors (Lipinski definition) is 7. The molecule has 0 bridgehead atoms. The van der Waals surface area contributed by atoms with E-state index in [-0.39, 0.29) is 34.7 Å². The number of carboxylic acid groups (broad SMARTS) is 4. The highest BCUT2D eigenvalue weighted by Gasteiger charge is 2.68. The number of aliphatic carboxylic acids is 4. The predicted molar refractivity (Wildman–Crippen MR) is 249 cm³/mol. The van der Waals surface area contributed by atoms with Crippen molar-refractivity contribution in [3.05, 3.63) is 0 Å². The third-order valence-electron chi connectivity index (χ3n) is 17.8. The van der Waals surface area contributed by atoms with Gasteiger partial charge in [-0.3, -0.25) is 33.9 Å². The van der Waals surface area contributed by atoms with E-state index in [2.05, 4.69) is 126 Å². The Labute approximate surface area is 377 Å². The zero-order chi connectivity index (χ0) is 47.6. The van der Waals surface area contributed by atoms with Gasteiger partial charge in [0.05, 0.1) is 24.2 Å². The van der Waals surface area contributed by atoms with Crippen LogP contribution in [0.5, 0.6) is 0 Å². The molecule has 3 heterocycles.